The van der Waals surface area contributed by atoms with Gasteiger partial charge in [-0.3, -0.25) is 14.8 Å². The van der Waals surface area contributed by atoms with Crippen LogP contribution < -0.4 is 10.6 Å². The molecule has 0 bridgehead atoms. The molecule has 8 heteroatoms. The molecule has 2 N–H and O–H groups in total. The molecule has 0 saturated heterocycles. The monoisotopic (exact) mass is 262 g/mol. The maximum atomic E-state index is 10.9. The van der Waals surface area contributed by atoms with E-state index in [2.05, 4.69) is 20.7 Å². The molecule has 0 atom stereocenters. The van der Waals surface area contributed by atoms with E-state index in [1.54, 1.807) is 24.1 Å². The summed E-state index contributed by atoms with van der Waals surface area (Å²) in [4.78, 5) is 14.7. The van der Waals surface area contributed by atoms with Gasteiger partial charge in [-0.15, -0.1) is 0 Å². The number of hydrogen-bond acceptors (Lipinski definition) is 6. The van der Waals surface area contributed by atoms with E-state index in [0.717, 1.165) is 5.69 Å². The average Bonchev–Trinajstić information content (AvgIpc) is 2.75. The van der Waals surface area contributed by atoms with Gasteiger partial charge in [-0.1, -0.05) is 0 Å². The summed E-state index contributed by atoms with van der Waals surface area (Å²) in [6, 6.07) is 2.78. The number of hydrogen-bond donors (Lipinski definition) is 2. The second-order valence-corrected chi connectivity index (χ2v) is 3.91. The topological polar surface area (TPSA) is 97.9 Å². The van der Waals surface area contributed by atoms with Gasteiger partial charge in [-0.25, -0.2) is 4.98 Å². The molecule has 0 aliphatic heterocycles. The van der Waals surface area contributed by atoms with Crippen molar-refractivity contribution in [1.82, 2.24) is 14.8 Å². The molecule has 0 unspecified atom stereocenters. The minimum Gasteiger partial charge on any atom is -0.370 e. The number of nitrogens with zero attached hydrogens (tertiary/aromatic N) is 4. The summed E-state index contributed by atoms with van der Waals surface area (Å²) in [7, 11) is 1.79. The first-order chi connectivity index (χ1) is 9.08. The van der Waals surface area contributed by atoms with Crippen LogP contribution in [0.1, 0.15) is 6.92 Å². The van der Waals surface area contributed by atoms with Crippen LogP contribution >= 0.6 is 0 Å². The lowest BCUT2D eigenvalue weighted by Gasteiger charge is -2.06. The molecule has 0 aliphatic rings. The molecule has 0 aliphatic carbocycles. The Bertz CT molecular complexity index is 595. The van der Waals surface area contributed by atoms with Gasteiger partial charge < -0.3 is 10.6 Å². The molecule has 0 spiro atoms. The van der Waals surface area contributed by atoms with E-state index >= 15 is 0 Å². The lowest BCUT2D eigenvalue weighted by atomic mass is 10.3. The number of pyridine rings is 1. The van der Waals surface area contributed by atoms with Crippen molar-refractivity contribution in [2.45, 2.75) is 6.92 Å². The molecule has 100 valence electrons. The van der Waals surface area contributed by atoms with Crippen LogP contribution in [0.3, 0.4) is 0 Å². The SMILES string of the molecule is CCNc1cc([N+](=O)[O-])cc(Nc2cnn(C)c2)n1. The molecule has 0 saturated carbocycles. The molecule has 0 radical (unpaired) electrons. The summed E-state index contributed by atoms with van der Waals surface area (Å²) in [6.07, 6.45) is 3.38. The van der Waals surface area contributed by atoms with E-state index in [0.29, 0.717) is 18.2 Å². The van der Waals surface area contributed by atoms with Gasteiger partial charge in [0, 0.05) is 19.8 Å². The summed E-state index contributed by atoms with van der Waals surface area (Å²) in [5, 5.41) is 20.8. The van der Waals surface area contributed by atoms with Gasteiger partial charge in [0.2, 0.25) is 0 Å². The highest BCUT2D eigenvalue weighted by Crippen LogP contribution is 2.23. The molecule has 0 aromatic carbocycles. The smallest absolute Gasteiger partial charge is 0.276 e. The number of aryl methyl sites for hydroxylation is 1. The third-order valence-electron chi connectivity index (χ3n) is 2.36. The maximum Gasteiger partial charge on any atom is 0.276 e. The molecule has 0 amide bonds. The molecule has 0 fully saturated rings. The van der Waals surface area contributed by atoms with Crippen molar-refractivity contribution in [2.24, 2.45) is 7.05 Å². The maximum absolute atomic E-state index is 10.9. The Balaban J connectivity index is 2.30. The minimum absolute atomic E-state index is 0.0164. The van der Waals surface area contributed by atoms with Crippen molar-refractivity contribution >= 4 is 23.0 Å². The van der Waals surface area contributed by atoms with E-state index in [9.17, 15) is 10.1 Å². The van der Waals surface area contributed by atoms with Gasteiger partial charge in [-0.2, -0.15) is 5.10 Å². The standard InChI is InChI=1S/C11H14N6O2/c1-3-12-10-4-9(17(18)19)5-11(15-10)14-8-6-13-16(2)7-8/h4-7H,3H2,1-2H3,(H2,12,14,15). The first kappa shape index (κ1) is 12.8. The Morgan fingerprint density at radius 1 is 1.42 bits per heavy atom. The van der Waals surface area contributed by atoms with Gasteiger partial charge >= 0.3 is 0 Å². The van der Waals surface area contributed by atoms with Crippen LogP contribution in [-0.2, 0) is 7.05 Å². The van der Waals surface area contributed by atoms with Crippen LogP contribution in [0.2, 0.25) is 0 Å². The third-order valence-corrected chi connectivity index (χ3v) is 2.36. The summed E-state index contributed by atoms with van der Waals surface area (Å²) in [5.74, 6) is 0.862. The van der Waals surface area contributed by atoms with Crippen LogP contribution in [0.4, 0.5) is 23.0 Å². The fourth-order valence-electron chi connectivity index (χ4n) is 1.59. The number of aromatic nitrogens is 3. The number of nitro groups is 1. The Labute approximate surface area is 109 Å². The van der Waals surface area contributed by atoms with Crippen molar-refractivity contribution in [3.05, 3.63) is 34.6 Å². The number of anilines is 3. The molecule has 2 rings (SSSR count). The Morgan fingerprint density at radius 2 is 2.16 bits per heavy atom. The van der Waals surface area contributed by atoms with Crippen LogP contribution in [-0.4, -0.2) is 26.2 Å². The van der Waals surface area contributed by atoms with E-state index in [-0.39, 0.29) is 5.69 Å². The molecule has 8 nitrogen and oxygen atoms in total. The average molecular weight is 262 g/mol. The van der Waals surface area contributed by atoms with Gasteiger partial charge in [0.05, 0.1) is 28.9 Å². The van der Waals surface area contributed by atoms with E-state index in [1.165, 1.54) is 12.1 Å². The molecular formula is C11H14N6O2. The van der Waals surface area contributed by atoms with Crippen LogP contribution in [0.15, 0.2) is 24.5 Å². The van der Waals surface area contributed by atoms with Gasteiger partial charge in [0.15, 0.2) is 0 Å². The summed E-state index contributed by atoms with van der Waals surface area (Å²) >= 11 is 0. The largest absolute Gasteiger partial charge is 0.370 e. The molecular weight excluding hydrogens is 248 g/mol. The first-order valence-electron chi connectivity index (χ1n) is 5.74. The minimum atomic E-state index is -0.447. The molecule has 2 aromatic rings. The normalized spacial score (nSPS) is 10.2. The lowest BCUT2D eigenvalue weighted by Crippen LogP contribution is -2.03. The first-order valence-corrected chi connectivity index (χ1v) is 5.74. The fraction of sp³-hybridized carbons (Fsp3) is 0.273. The van der Waals surface area contributed by atoms with Gasteiger partial charge in [0.25, 0.3) is 5.69 Å². The van der Waals surface area contributed by atoms with Crippen LogP contribution in [0.5, 0.6) is 0 Å². The quantitative estimate of drug-likeness (QED) is 0.630. The summed E-state index contributed by atoms with van der Waals surface area (Å²) in [5.41, 5.74) is 0.704. The van der Waals surface area contributed by atoms with Crippen molar-refractivity contribution in [3.8, 4) is 0 Å². The summed E-state index contributed by atoms with van der Waals surface area (Å²) in [6.45, 7) is 2.54. The zero-order valence-corrected chi connectivity index (χ0v) is 10.6. The van der Waals surface area contributed by atoms with Crippen molar-refractivity contribution < 1.29 is 4.92 Å². The van der Waals surface area contributed by atoms with Crippen molar-refractivity contribution in [2.75, 3.05) is 17.2 Å². The highest BCUT2D eigenvalue weighted by molar-refractivity contribution is 5.61. The number of rotatable bonds is 5. The predicted molar refractivity (Wildman–Crippen MR) is 71.5 cm³/mol. The lowest BCUT2D eigenvalue weighted by molar-refractivity contribution is -0.384. The summed E-state index contributed by atoms with van der Waals surface area (Å²) < 4.78 is 1.63. The Morgan fingerprint density at radius 3 is 2.74 bits per heavy atom. The van der Waals surface area contributed by atoms with Gasteiger partial charge in [0.1, 0.15) is 11.6 Å². The van der Waals surface area contributed by atoms with Crippen molar-refractivity contribution in [3.63, 3.8) is 0 Å². The number of nitrogens with one attached hydrogen (secondary N) is 2. The second-order valence-electron chi connectivity index (χ2n) is 3.91. The second kappa shape index (κ2) is 5.34. The fourth-order valence-corrected chi connectivity index (χ4v) is 1.59. The van der Waals surface area contributed by atoms with Crippen molar-refractivity contribution in [1.29, 1.82) is 0 Å². The predicted octanol–water partition coefficient (Wildman–Crippen LogP) is 1.90. The van der Waals surface area contributed by atoms with E-state index in [1.807, 2.05) is 6.92 Å². The third kappa shape index (κ3) is 3.18. The van der Waals surface area contributed by atoms with Crippen LogP contribution in [0, 0.1) is 10.1 Å². The van der Waals surface area contributed by atoms with Crippen LogP contribution in [0.25, 0.3) is 0 Å². The zero-order chi connectivity index (χ0) is 13.8. The molecule has 2 heterocycles. The van der Waals surface area contributed by atoms with E-state index in [4.69, 9.17) is 0 Å². The Kier molecular flexibility index (Phi) is 3.60. The zero-order valence-electron chi connectivity index (χ0n) is 10.6. The molecule has 2 aromatic heterocycles. The Hall–Kier alpha value is -2.64. The van der Waals surface area contributed by atoms with Gasteiger partial charge in [-0.05, 0) is 6.92 Å². The van der Waals surface area contributed by atoms with E-state index < -0.39 is 4.92 Å². The highest BCUT2D eigenvalue weighted by atomic mass is 16.6. The highest BCUT2D eigenvalue weighted by Gasteiger charge is 2.11. The molecule has 19 heavy (non-hydrogen) atoms.